The summed E-state index contributed by atoms with van der Waals surface area (Å²) in [4.78, 5) is 11.8. The lowest BCUT2D eigenvalue weighted by molar-refractivity contribution is -0.130. The van der Waals surface area contributed by atoms with E-state index in [0.717, 1.165) is 12.8 Å². The van der Waals surface area contributed by atoms with Gasteiger partial charge >= 0.3 is 0 Å². The smallest absolute Gasteiger partial charge is 0.153 e. The van der Waals surface area contributed by atoms with Crippen LogP contribution in [0.2, 0.25) is 0 Å². The van der Waals surface area contributed by atoms with Crippen molar-refractivity contribution >= 4 is 17.4 Å². The Bertz CT molecular complexity index is 222. The molecule has 0 aromatic rings. The molecule has 1 aliphatic carbocycles. The van der Waals surface area contributed by atoms with Crippen LogP contribution in [0.4, 0.5) is 0 Å². The van der Waals surface area contributed by atoms with Crippen molar-refractivity contribution in [2.75, 3.05) is 5.88 Å². The Morgan fingerprint density at radius 3 is 2.31 bits per heavy atom. The van der Waals surface area contributed by atoms with Crippen molar-refractivity contribution < 1.29 is 4.79 Å². The molecule has 76 valence electrons. The molecule has 1 aliphatic rings. The lowest BCUT2D eigenvalue weighted by atomic mass is 9.64. The average Bonchev–Trinajstić information content (AvgIpc) is 2.29. The zero-order chi connectivity index (χ0) is 10.3. The third-order valence-electron chi connectivity index (χ3n) is 4.47. The van der Waals surface area contributed by atoms with Crippen LogP contribution >= 0.6 is 11.6 Å². The highest BCUT2D eigenvalue weighted by molar-refractivity contribution is 6.28. The predicted octanol–water partition coefficient (Wildman–Crippen LogP) is 3.26. The second-order valence-corrected chi connectivity index (χ2v) is 5.32. The number of Topliss-reactive ketones (excluding diaryl/α,β-unsaturated/α-hetero) is 1. The molecule has 0 aromatic heterocycles. The van der Waals surface area contributed by atoms with E-state index in [1.165, 1.54) is 0 Å². The Morgan fingerprint density at radius 1 is 1.46 bits per heavy atom. The fraction of sp³-hybridized carbons (Fsp3) is 0.909. The maximum absolute atomic E-state index is 11.8. The predicted molar refractivity (Wildman–Crippen MR) is 56.0 cm³/mol. The van der Waals surface area contributed by atoms with Gasteiger partial charge in [0, 0.05) is 5.41 Å². The van der Waals surface area contributed by atoms with Crippen LogP contribution in [-0.4, -0.2) is 11.7 Å². The minimum absolute atomic E-state index is 0.0962. The molecule has 0 bridgehead atoms. The van der Waals surface area contributed by atoms with Crippen LogP contribution in [0.15, 0.2) is 0 Å². The van der Waals surface area contributed by atoms with Crippen molar-refractivity contribution in [2.24, 2.45) is 16.7 Å². The number of ketones is 1. The number of hydrogen-bond donors (Lipinski definition) is 0. The summed E-state index contributed by atoms with van der Waals surface area (Å²) in [6, 6.07) is 0. The van der Waals surface area contributed by atoms with Crippen LogP contribution in [-0.2, 0) is 4.79 Å². The van der Waals surface area contributed by atoms with E-state index in [9.17, 15) is 4.79 Å². The summed E-state index contributed by atoms with van der Waals surface area (Å²) in [6.45, 7) is 8.68. The molecule has 1 fully saturated rings. The first-order valence-corrected chi connectivity index (χ1v) is 5.49. The monoisotopic (exact) mass is 202 g/mol. The van der Waals surface area contributed by atoms with E-state index in [1.807, 2.05) is 0 Å². The summed E-state index contributed by atoms with van der Waals surface area (Å²) in [7, 11) is 0. The molecular weight excluding hydrogens is 184 g/mol. The highest BCUT2D eigenvalue weighted by atomic mass is 35.5. The van der Waals surface area contributed by atoms with Gasteiger partial charge in [0.05, 0.1) is 5.88 Å². The molecule has 0 N–H and O–H groups in total. The highest BCUT2D eigenvalue weighted by Crippen LogP contribution is 2.56. The summed E-state index contributed by atoms with van der Waals surface area (Å²) >= 11 is 5.65. The summed E-state index contributed by atoms with van der Waals surface area (Å²) in [6.07, 6.45) is 2.14. The Morgan fingerprint density at radius 2 is 2.00 bits per heavy atom. The van der Waals surface area contributed by atoms with Gasteiger partial charge in [-0.3, -0.25) is 4.79 Å². The molecule has 0 amide bonds. The molecule has 0 unspecified atom stereocenters. The molecule has 1 nitrogen and oxygen atoms in total. The van der Waals surface area contributed by atoms with E-state index in [0.29, 0.717) is 5.92 Å². The molecule has 2 atom stereocenters. The zero-order valence-corrected chi connectivity index (χ0v) is 9.74. The molecule has 0 aliphatic heterocycles. The lowest BCUT2D eigenvalue weighted by Crippen LogP contribution is -2.40. The highest BCUT2D eigenvalue weighted by Gasteiger charge is 2.53. The van der Waals surface area contributed by atoms with Crippen molar-refractivity contribution in [3.63, 3.8) is 0 Å². The summed E-state index contributed by atoms with van der Waals surface area (Å²) in [5.74, 6) is 0.986. The summed E-state index contributed by atoms with van der Waals surface area (Å²) < 4.78 is 0. The van der Waals surface area contributed by atoms with Gasteiger partial charge in [-0.15, -0.1) is 11.6 Å². The number of carbonyl (C=O) groups excluding carboxylic acids is 1. The van der Waals surface area contributed by atoms with E-state index in [-0.39, 0.29) is 22.5 Å². The Balaban J connectivity index is 2.98. The number of alkyl halides is 1. The van der Waals surface area contributed by atoms with Crippen LogP contribution in [0.5, 0.6) is 0 Å². The largest absolute Gasteiger partial charge is 0.298 e. The minimum atomic E-state index is -0.200. The van der Waals surface area contributed by atoms with Gasteiger partial charge in [0.2, 0.25) is 0 Å². The first-order chi connectivity index (χ1) is 5.86. The fourth-order valence-corrected chi connectivity index (χ4v) is 2.67. The van der Waals surface area contributed by atoms with Crippen LogP contribution in [0.1, 0.15) is 40.5 Å². The first-order valence-electron chi connectivity index (χ1n) is 4.95. The van der Waals surface area contributed by atoms with Crippen LogP contribution in [0.3, 0.4) is 0 Å². The van der Waals surface area contributed by atoms with Crippen LogP contribution < -0.4 is 0 Å². The summed E-state index contributed by atoms with van der Waals surface area (Å²) in [5.41, 5.74) is -0.104. The molecule has 0 radical (unpaired) electrons. The third-order valence-corrected chi connectivity index (χ3v) is 4.71. The van der Waals surface area contributed by atoms with Gasteiger partial charge < -0.3 is 0 Å². The van der Waals surface area contributed by atoms with Gasteiger partial charge in [-0.25, -0.2) is 0 Å². The number of halogens is 1. The van der Waals surface area contributed by atoms with Crippen molar-refractivity contribution in [2.45, 2.75) is 40.5 Å². The van der Waals surface area contributed by atoms with Crippen LogP contribution in [0.25, 0.3) is 0 Å². The molecule has 0 saturated heterocycles. The normalized spacial score (nSPS) is 37.8. The Labute approximate surface area is 85.8 Å². The summed E-state index contributed by atoms with van der Waals surface area (Å²) in [5, 5.41) is 0. The van der Waals surface area contributed by atoms with Crippen LogP contribution in [0, 0.1) is 16.7 Å². The second-order valence-electron chi connectivity index (χ2n) is 5.05. The Kier molecular flexibility index (Phi) is 2.78. The van der Waals surface area contributed by atoms with Gasteiger partial charge in [0.15, 0.2) is 5.78 Å². The van der Waals surface area contributed by atoms with E-state index >= 15 is 0 Å². The van der Waals surface area contributed by atoms with Gasteiger partial charge in [0.1, 0.15) is 0 Å². The van der Waals surface area contributed by atoms with E-state index in [2.05, 4.69) is 27.7 Å². The zero-order valence-electron chi connectivity index (χ0n) is 8.98. The van der Waals surface area contributed by atoms with Gasteiger partial charge in [-0.05, 0) is 24.2 Å². The first kappa shape index (κ1) is 11.0. The van der Waals surface area contributed by atoms with E-state index < -0.39 is 0 Å². The van der Waals surface area contributed by atoms with Gasteiger partial charge in [-0.2, -0.15) is 0 Å². The molecule has 0 spiro atoms. The standard InChI is InChI=1S/C11H19ClO/c1-8-5-6-11(4,9(13)7-12)10(8,2)3/h8H,5-7H2,1-4H3/t8-,11-/m1/s1. The molecular formula is C11H19ClO. The van der Waals surface area contributed by atoms with Crippen molar-refractivity contribution in [3.05, 3.63) is 0 Å². The lowest BCUT2D eigenvalue weighted by Gasteiger charge is -2.39. The molecule has 0 aromatic carbocycles. The topological polar surface area (TPSA) is 17.1 Å². The third kappa shape index (κ3) is 1.41. The molecule has 1 rings (SSSR count). The number of rotatable bonds is 2. The minimum Gasteiger partial charge on any atom is -0.298 e. The van der Waals surface area contributed by atoms with Crippen molar-refractivity contribution in [3.8, 4) is 0 Å². The molecule has 2 heteroatoms. The maximum atomic E-state index is 11.8. The number of carbonyl (C=O) groups is 1. The second kappa shape index (κ2) is 3.27. The number of hydrogen-bond acceptors (Lipinski definition) is 1. The van der Waals surface area contributed by atoms with E-state index in [4.69, 9.17) is 11.6 Å². The Hall–Kier alpha value is -0.0400. The van der Waals surface area contributed by atoms with Crippen molar-refractivity contribution in [1.82, 2.24) is 0 Å². The average molecular weight is 203 g/mol. The van der Waals surface area contributed by atoms with E-state index in [1.54, 1.807) is 0 Å². The fourth-order valence-electron chi connectivity index (χ4n) is 2.38. The van der Waals surface area contributed by atoms with Crippen molar-refractivity contribution in [1.29, 1.82) is 0 Å². The van der Waals surface area contributed by atoms with Gasteiger partial charge in [0.25, 0.3) is 0 Å². The quantitative estimate of drug-likeness (QED) is 0.629. The molecule has 0 heterocycles. The molecule has 1 saturated carbocycles. The maximum Gasteiger partial charge on any atom is 0.153 e. The molecule has 13 heavy (non-hydrogen) atoms. The SMILES string of the molecule is C[C@@H]1CC[C@](C)(C(=O)CCl)C1(C)C. The van der Waals surface area contributed by atoms with Gasteiger partial charge in [-0.1, -0.05) is 27.7 Å².